The third kappa shape index (κ3) is 4.00. The van der Waals surface area contributed by atoms with E-state index in [1.165, 1.54) is 21.9 Å². The van der Waals surface area contributed by atoms with Crippen molar-refractivity contribution in [1.29, 1.82) is 0 Å². The highest BCUT2D eigenvalue weighted by Crippen LogP contribution is 2.36. The predicted molar refractivity (Wildman–Crippen MR) is 180 cm³/mol. The zero-order chi connectivity index (χ0) is 29.0. The van der Waals surface area contributed by atoms with Crippen molar-refractivity contribution >= 4 is 43.9 Å². The highest BCUT2D eigenvalue weighted by atomic mass is 16.3. The van der Waals surface area contributed by atoms with E-state index in [9.17, 15) is 0 Å². The molecule has 0 aliphatic rings. The van der Waals surface area contributed by atoms with Crippen LogP contribution in [0, 0.1) is 0 Å². The van der Waals surface area contributed by atoms with Crippen molar-refractivity contribution < 1.29 is 4.42 Å². The maximum Gasteiger partial charge on any atom is 0.164 e. The third-order valence-corrected chi connectivity index (χ3v) is 8.44. The summed E-state index contributed by atoms with van der Waals surface area (Å²) in [6.45, 7) is 0. The van der Waals surface area contributed by atoms with Gasteiger partial charge < -0.3 is 4.42 Å². The molecule has 0 fully saturated rings. The number of fused-ring (bicyclic) bond motifs is 5. The van der Waals surface area contributed by atoms with Crippen molar-refractivity contribution in [3.8, 4) is 39.3 Å². The Morgan fingerprint density at radius 2 is 1.09 bits per heavy atom. The molecule has 4 nitrogen and oxygen atoms in total. The van der Waals surface area contributed by atoms with E-state index < -0.39 is 0 Å². The van der Waals surface area contributed by atoms with Crippen LogP contribution in [0.3, 0.4) is 0 Å². The van der Waals surface area contributed by atoms with Crippen LogP contribution in [0.4, 0.5) is 0 Å². The first-order valence-corrected chi connectivity index (χ1v) is 14.7. The van der Waals surface area contributed by atoms with Gasteiger partial charge in [-0.1, -0.05) is 91.0 Å². The Morgan fingerprint density at radius 1 is 0.477 bits per heavy atom. The number of aromatic nitrogens is 3. The summed E-state index contributed by atoms with van der Waals surface area (Å²) in [6.07, 6.45) is 1.81. The average molecular weight is 564 g/mol. The SMILES string of the molecule is c1ccc(-c2ccc3cc(-c4ccc5c(c4)oc4cc(-n6c(-c7ccccc7)nc7cccnc76)ccc45)ccc3c2)cc1. The number of furan rings is 1. The zero-order valence-electron chi connectivity index (χ0n) is 23.7. The van der Waals surface area contributed by atoms with Gasteiger partial charge in [0.05, 0.1) is 5.69 Å². The first-order valence-electron chi connectivity index (χ1n) is 14.7. The molecule has 0 radical (unpaired) electrons. The molecule has 4 heteroatoms. The first kappa shape index (κ1) is 24.6. The Kier molecular flexibility index (Phi) is 5.47. The number of nitrogens with zero attached hydrogens (tertiary/aromatic N) is 3. The fourth-order valence-electron chi connectivity index (χ4n) is 6.26. The summed E-state index contributed by atoms with van der Waals surface area (Å²) in [6, 6.07) is 50.9. The van der Waals surface area contributed by atoms with Gasteiger partial charge in [0.25, 0.3) is 0 Å². The van der Waals surface area contributed by atoms with Crippen LogP contribution < -0.4 is 0 Å². The average Bonchev–Trinajstić information content (AvgIpc) is 3.66. The van der Waals surface area contributed by atoms with Crippen LogP contribution in [-0.4, -0.2) is 14.5 Å². The number of hydrogen-bond donors (Lipinski definition) is 0. The van der Waals surface area contributed by atoms with E-state index in [-0.39, 0.29) is 0 Å². The van der Waals surface area contributed by atoms with Gasteiger partial charge in [-0.3, -0.25) is 4.57 Å². The lowest BCUT2D eigenvalue weighted by molar-refractivity contribution is 0.668. The molecular formula is C40H25N3O. The maximum absolute atomic E-state index is 6.51. The largest absolute Gasteiger partial charge is 0.456 e. The molecule has 0 saturated heterocycles. The molecule has 0 aliphatic carbocycles. The normalized spacial score (nSPS) is 11.6. The van der Waals surface area contributed by atoms with E-state index in [0.29, 0.717) is 0 Å². The standard InChI is InChI=1S/C40H25N3O/c1-3-8-26(9-4-1)28-13-14-30-23-31(16-15-29(30)22-28)32-17-19-34-35-20-18-33(25-38(35)44-37(34)24-32)43-39(27-10-5-2-6-11-27)42-36-12-7-21-41-40(36)43/h1-25H. The fraction of sp³-hybridized carbons (Fsp3) is 0. The summed E-state index contributed by atoms with van der Waals surface area (Å²) in [5, 5.41) is 4.62. The Labute approximate surface area is 253 Å². The molecule has 0 unspecified atom stereocenters. The molecule has 0 atom stereocenters. The molecule has 0 spiro atoms. The van der Waals surface area contributed by atoms with Crippen molar-refractivity contribution in [2.24, 2.45) is 0 Å². The lowest BCUT2D eigenvalue weighted by Crippen LogP contribution is -1.98. The van der Waals surface area contributed by atoms with Crippen LogP contribution in [0.2, 0.25) is 0 Å². The molecule has 9 rings (SSSR count). The molecule has 0 bridgehead atoms. The number of benzene rings is 6. The molecule has 206 valence electrons. The number of pyridine rings is 1. The summed E-state index contributed by atoms with van der Waals surface area (Å²) in [4.78, 5) is 9.62. The second-order valence-electron chi connectivity index (χ2n) is 11.1. The van der Waals surface area contributed by atoms with Crippen LogP contribution in [-0.2, 0) is 0 Å². The van der Waals surface area contributed by atoms with Crippen LogP contribution >= 0.6 is 0 Å². The first-order chi connectivity index (χ1) is 21.8. The molecule has 0 amide bonds. The van der Waals surface area contributed by atoms with E-state index in [0.717, 1.165) is 61.3 Å². The van der Waals surface area contributed by atoms with Crippen molar-refractivity contribution in [3.63, 3.8) is 0 Å². The van der Waals surface area contributed by atoms with Gasteiger partial charge in [-0.2, -0.15) is 0 Å². The van der Waals surface area contributed by atoms with Gasteiger partial charge in [0, 0.05) is 28.6 Å². The molecule has 9 aromatic rings. The Hall–Kier alpha value is -6.00. The van der Waals surface area contributed by atoms with E-state index >= 15 is 0 Å². The summed E-state index contributed by atoms with van der Waals surface area (Å²) < 4.78 is 8.62. The number of imidazole rings is 1. The van der Waals surface area contributed by atoms with Crippen molar-refractivity contribution in [2.75, 3.05) is 0 Å². The van der Waals surface area contributed by atoms with E-state index in [4.69, 9.17) is 9.40 Å². The van der Waals surface area contributed by atoms with Crippen LogP contribution in [0.5, 0.6) is 0 Å². The maximum atomic E-state index is 6.51. The highest BCUT2D eigenvalue weighted by Gasteiger charge is 2.17. The van der Waals surface area contributed by atoms with Gasteiger partial charge in [0.1, 0.15) is 22.5 Å². The summed E-state index contributed by atoms with van der Waals surface area (Å²) in [5.41, 5.74) is 10.1. The molecule has 6 aromatic carbocycles. The Morgan fingerprint density at radius 3 is 1.84 bits per heavy atom. The second kappa shape index (κ2) is 9.79. The summed E-state index contributed by atoms with van der Waals surface area (Å²) >= 11 is 0. The summed E-state index contributed by atoms with van der Waals surface area (Å²) in [5.74, 6) is 0.851. The third-order valence-electron chi connectivity index (χ3n) is 8.44. The lowest BCUT2D eigenvalue weighted by atomic mass is 9.97. The number of rotatable bonds is 4. The Balaban J connectivity index is 1.12. The Bertz CT molecular complexity index is 2490. The minimum atomic E-state index is 0.816. The lowest BCUT2D eigenvalue weighted by Gasteiger charge is -2.09. The minimum absolute atomic E-state index is 0.816. The van der Waals surface area contributed by atoms with Gasteiger partial charge in [-0.05, 0) is 81.6 Å². The van der Waals surface area contributed by atoms with Gasteiger partial charge in [0.15, 0.2) is 5.65 Å². The molecule has 0 aliphatic heterocycles. The second-order valence-corrected chi connectivity index (χ2v) is 11.1. The molecule has 0 N–H and O–H groups in total. The quantitative estimate of drug-likeness (QED) is 0.214. The fourth-order valence-corrected chi connectivity index (χ4v) is 6.26. The number of hydrogen-bond acceptors (Lipinski definition) is 3. The summed E-state index contributed by atoms with van der Waals surface area (Å²) in [7, 11) is 0. The van der Waals surface area contributed by atoms with Crippen molar-refractivity contribution in [3.05, 3.63) is 152 Å². The highest BCUT2D eigenvalue weighted by molar-refractivity contribution is 6.06. The molecule has 44 heavy (non-hydrogen) atoms. The molecule has 0 saturated carbocycles. The van der Waals surface area contributed by atoms with Gasteiger partial charge in [0.2, 0.25) is 0 Å². The van der Waals surface area contributed by atoms with Crippen molar-refractivity contribution in [1.82, 2.24) is 14.5 Å². The van der Waals surface area contributed by atoms with E-state index in [1.807, 2.05) is 36.5 Å². The van der Waals surface area contributed by atoms with Gasteiger partial charge >= 0.3 is 0 Å². The molecular weight excluding hydrogens is 538 g/mol. The predicted octanol–water partition coefficient (Wildman–Crippen LogP) is 10.5. The van der Waals surface area contributed by atoms with Crippen LogP contribution in [0.15, 0.2) is 156 Å². The smallest absolute Gasteiger partial charge is 0.164 e. The van der Waals surface area contributed by atoms with E-state index in [1.54, 1.807) is 0 Å². The van der Waals surface area contributed by atoms with Gasteiger partial charge in [-0.25, -0.2) is 9.97 Å². The topological polar surface area (TPSA) is 43.9 Å². The monoisotopic (exact) mass is 563 g/mol. The zero-order valence-corrected chi connectivity index (χ0v) is 23.7. The van der Waals surface area contributed by atoms with Crippen LogP contribution in [0.25, 0.3) is 83.2 Å². The minimum Gasteiger partial charge on any atom is -0.456 e. The van der Waals surface area contributed by atoms with Crippen molar-refractivity contribution in [2.45, 2.75) is 0 Å². The van der Waals surface area contributed by atoms with Crippen LogP contribution in [0.1, 0.15) is 0 Å². The molecule has 3 heterocycles. The van der Waals surface area contributed by atoms with Gasteiger partial charge in [-0.15, -0.1) is 0 Å². The van der Waals surface area contributed by atoms with E-state index in [2.05, 4.69) is 125 Å². The molecule has 3 aromatic heterocycles.